The van der Waals surface area contributed by atoms with E-state index >= 15 is 0 Å². The average molecular weight is 725 g/mol. The van der Waals surface area contributed by atoms with Crippen LogP contribution in [0.15, 0.2) is 163 Å². The van der Waals surface area contributed by atoms with Crippen LogP contribution in [0.5, 0.6) is 0 Å². The Morgan fingerprint density at radius 3 is 1.52 bits per heavy atom. The number of ketones is 1. The van der Waals surface area contributed by atoms with E-state index in [4.69, 9.17) is 4.74 Å². The van der Waals surface area contributed by atoms with E-state index in [9.17, 15) is 18.4 Å². The molecule has 0 aliphatic rings. The molecule has 8 heteroatoms. The fraction of sp³-hybridized carbons (Fsp3) is 0.0435. The Morgan fingerprint density at radius 2 is 1.02 bits per heavy atom. The molecule has 9 aromatic rings. The summed E-state index contributed by atoms with van der Waals surface area (Å²) in [5.74, 6) is -1.01. The Kier molecular flexibility index (Phi) is 8.26. The standard InChI is InChI=1S/C46H32N2O5S/c1-29(49)33-25-34(27-37(26-33)54(51)52)46(50)53-28-30-14-23-45-41(24-30)40-10-4-7-13-44(40)48(45)36-21-17-32(18-22-36)31-15-19-35(20-16-31)47-42-11-5-2-8-38(42)39-9-3-6-12-43(39)47/h2-27H,28H2,1H3,(H,51,52). The summed E-state index contributed by atoms with van der Waals surface area (Å²) in [4.78, 5) is 24.9. The second-order valence-electron chi connectivity index (χ2n) is 13.3. The van der Waals surface area contributed by atoms with Crippen LogP contribution < -0.4 is 0 Å². The van der Waals surface area contributed by atoms with Crippen LogP contribution in [-0.4, -0.2) is 29.6 Å². The topological polar surface area (TPSA) is 90.5 Å². The number of carbonyl (C=O) groups excluding carboxylic acids is 2. The van der Waals surface area contributed by atoms with Gasteiger partial charge in [-0.3, -0.25) is 4.79 Å². The zero-order valence-corrected chi connectivity index (χ0v) is 29.9. The normalized spacial score (nSPS) is 12.1. The van der Waals surface area contributed by atoms with E-state index in [0.717, 1.165) is 49.9 Å². The molecule has 2 aromatic heterocycles. The molecular formula is C46H32N2O5S. The lowest BCUT2D eigenvalue weighted by molar-refractivity contribution is 0.0472. The molecule has 0 saturated heterocycles. The largest absolute Gasteiger partial charge is 0.457 e. The predicted molar refractivity (Wildman–Crippen MR) is 215 cm³/mol. The summed E-state index contributed by atoms with van der Waals surface area (Å²) in [6, 6.07) is 52.5. The molecule has 0 spiro atoms. The van der Waals surface area contributed by atoms with Crippen molar-refractivity contribution in [3.8, 4) is 22.5 Å². The Morgan fingerprint density at radius 1 is 0.556 bits per heavy atom. The quantitative estimate of drug-likeness (QED) is 0.0957. The fourth-order valence-corrected chi connectivity index (χ4v) is 7.90. The summed E-state index contributed by atoms with van der Waals surface area (Å²) in [5, 5.41) is 4.56. The number of hydrogen-bond donors (Lipinski definition) is 1. The highest BCUT2D eigenvalue weighted by molar-refractivity contribution is 7.79. The van der Waals surface area contributed by atoms with Crippen molar-refractivity contribution in [2.75, 3.05) is 0 Å². The number of benzene rings is 7. The highest BCUT2D eigenvalue weighted by atomic mass is 32.2. The number of carbonyl (C=O) groups is 2. The van der Waals surface area contributed by atoms with Gasteiger partial charge in [-0.2, -0.15) is 0 Å². The van der Waals surface area contributed by atoms with Crippen molar-refractivity contribution < 1.29 is 23.1 Å². The van der Waals surface area contributed by atoms with Gasteiger partial charge in [0.25, 0.3) is 0 Å². The Bertz CT molecular complexity index is 2870. The third kappa shape index (κ3) is 5.78. The number of nitrogens with zero attached hydrogens (tertiary/aromatic N) is 2. The minimum atomic E-state index is -2.35. The van der Waals surface area contributed by atoms with E-state index in [1.165, 1.54) is 46.9 Å². The SMILES string of the molecule is CC(=O)c1cc(C(=O)OCc2ccc3c(c2)c2ccccc2n3-c2ccc(-c3ccc(-n4c5ccccc5c5ccccc54)cc3)cc2)cc(S(=O)O)c1. The zero-order chi connectivity index (χ0) is 36.9. The maximum absolute atomic E-state index is 13.0. The highest BCUT2D eigenvalue weighted by Crippen LogP contribution is 2.35. The molecule has 0 amide bonds. The summed E-state index contributed by atoms with van der Waals surface area (Å²) in [6.07, 6.45) is 0. The molecule has 9 rings (SSSR count). The number of rotatable bonds is 8. The van der Waals surface area contributed by atoms with E-state index in [-0.39, 0.29) is 28.4 Å². The third-order valence-electron chi connectivity index (χ3n) is 10.0. The number of Topliss-reactive ketones (excluding diaryl/α,β-unsaturated/α-hetero) is 1. The summed E-state index contributed by atoms with van der Waals surface area (Å²) in [5.41, 5.74) is 9.80. The molecular weight excluding hydrogens is 693 g/mol. The van der Waals surface area contributed by atoms with Crippen molar-refractivity contribution in [1.29, 1.82) is 0 Å². The van der Waals surface area contributed by atoms with Crippen LogP contribution in [0, 0.1) is 0 Å². The van der Waals surface area contributed by atoms with Crippen LogP contribution >= 0.6 is 0 Å². The fourth-order valence-electron chi connectivity index (χ4n) is 7.45. The van der Waals surface area contributed by atoms with Gasteiger partial charge in [0.1, 0.15) is 6.61 Å². The smallest absolute Gasteiger partial charge is 0.338 e. The van der Waals surface area contributed by atoms with E-state index in [2.05, 4.69) is 118 Å². The number of aromatic nitrogens is 2. The number of para-hydroxylation sites is 3. The molecule has 1 N–H and O–H groups in total. The van der Waals surface area contributed by atoms with Gasteiger partial charge < -0.3 is 18.4 Å². The number of ether oxygens (including phenoxy) is 1. The molecule has 0 fully saturated rings. The lowest BCUT2D eigenvalue weighted by atomic mass is 10.0. The monoisotopic (exact) mass is 724 g/mol. The molecule has 54 heavy (non-hydrogen) atoms. The van der Waals surface area contributed by atoms with Gasteiger partial charge >= 0.3 is 5.97 Å². The summed E-state index contributed by atoms with van der Waals surface area (Å²) in [6.45, 7) is 1.32. The third-order valence-corrected chi connectivity index (χ3v) is 10.7. The first-order valence-electron chi connectivity index (χ1n) is 17.5. The van der Waals surface area contributed by atoms with Crippen LogP contribution in [0.1, 0.15) is 33.2 Å². The van der Waals surface area contributed by atoms with Crippen molar-refractivity contribution in [1.82, 2.24) is 9.13 Å². The van der Waals surface area contributed by atoms with Crippen LogP contribution in [0.4, 0.5) is 0 Å². The predicted octanol–water partition coefficient (Wildman–Crippen LogP) is 10.7. The molecule has 0 radical (unpaired) electrons. The molecule has 2 heterocycles. The molecule has 1 unspecified atom stereocenters. The number of hydrogen-bond acceptors (Lipinski definition) is 4. The van der Waals surface area contributed by atoms with Crippen LogP contribution in [0.25, 0.3) is 66.1 Å². The van der Waals surface area contributed by atoms with E-state index in [0.29, 0.717) is 0 Å². The maximum Gasteiger partial charge on any atom is 0.338 e. The van der Waals surface area contributed by atoms with Crippen LogP contribution in [0.3, 0.4) is 0 Å². The van der Waals surface area contributed by atoms with Gasteiger partial charge in [-0.05, 0) is 96.4 Å². The van der Waals surface area contributed by atoms with Gasteiger partial charge in [0.2, 0.25) is 0 Å². The van der Waals surface area contributed by atoms with E-state index in [1.807, 2.05) is 30.3 Å². The summed E-state index contributed by atoms with van der Waals surface area (Å²) in [7, 11) is 0. The van der Waals surface area contributed by atoms with Crippen LogP contribution in [0.2, 0.25) is 0 Å². The maximum atomic E-state index is 13.0. The van der Waals surface area contributed by atoms with Gasteiger partial charge in [0.15, 0.2) is 16.9 Å². The second kappa shape index (κ2) is 13.4. The molecule has 7 nitrogen and oxygen atoms in total. The van der Waals surface area contributed by atoms with E-state index in [1.54, 1.807) is 0 Å². The van der Waals surface area contributed by atoms with Gasteiger partial charge in [0, 0.05) is 38.5 Å². The lowest BCUT2D eigenvalue weighted by Crippen LogP contribution is -2.08. The first kappa shape index (κ1) is 33.2. The van der Waals surface area contributed by atoms with Gasteiger partial charge in [-0.15, -0.1) is 0 Å². The summed E-state index contributed by atoms with van der Waals surface area (Å²) >= 11 is -2.35. The molecule has 1 atom stereocenters. The lowest BCUT2D eigenvalue weighted by Gasteiger charge is -2.11. The first-order valence-corrected chi connectivity index (χ1v) is 18.6. The average Bonchev–Trinajstić information content (AvgIpc) is 3.72. The van der Waals surface area contributed by atoms with Crippen LogP contribution in [-0.2, 0) is 22.4 Å². The highest BCUT2D eigenvalue weighted by Gasteiger charge is 2.17. The molecule has 0 aliphatic heterocycles. The molecule has 0 bridgehead atoms. The van der Waals surface area contributed by atoms with Crippen molar-refractivity contribution in [3.63, 3.8) is 0 Å². The molecule has 0 aliphatic carbocycles. The zero-order valence-electron chi connectivity index (χ0n) is 29.1. The van der Waals surface area contributed by atoms with Gasteiger partial charge in [0.05, 0.1) is 32.5 Å². The number of esters is 1. The van der Waals surface area contributed by atoms with Crippen molar-refractivity contribution in [3.05, 3.63) is 174 Å². The first-order chi connectivity index (χ1) is 26.3. The molecule has 7 aromatic carbocycles. The van der Waals surface area contributed by atoms with Crippen molar-refractivity contribution >= 4 is 66.4 Å². The van der Waals surface area contributed by atoms with Crippen molar-refractivity contribution in [2.24, 2.45) is 0 Å². The minimum absolute atomic E-state index is 0.0135. The summed E-state index contributed by atoms with van der Waals surface area (Å²) < 4.78 is 31.5. The number of fused-ring (bicyclic) bond motifs is 6. The van der Waals surface area contributed by atoms with Gasteiger partial charge in [-0.25, -0.2) is 9.00 Å². The molecule has 262 valence electrons. The van der Waals surface area contributed by atoms with E-state index < -0.39 is 17.0 Å². The Labute approximate surface area is 312 Å². The Balaban J connectivity index is 0.997. The Hall–Kier alpha value is -6.61. The van der Waals surface area contributed by atoms with Crippen molar-refractivity contribution in [2.45, 2.75) is 18.4 Å². The van der Waals surface area contributed by atoms with Gasteiger partial charge in [-0.1, -0.05) is 84.9 Å². The minimum Gasteiger partial charge on any atom is -0.457 e. The molecule has 0 saturated carbocycles. The second-order valence-corrected chi connectivity index (χ2v) is 14.3.